The molecule has 9 nitrogen and oxygen atoms in total. The number of piperidine rings is 1. The summed E-state index contributed by atoms with van der Waals surface area (Å²) >= 11 is 0. The Morgan fingerprint density at radius 1 is 1.33 bits per heavy atom. The number of alkyl carbamates (subject to hydrolysis) is 1. The van der Waals surface area contributed by atoms with Crippen molar-refractivity contribution < 1.29 is 24.2 Å². The number of aromatic nitrogens is 1. The first kappa shape index (κ1) is 23.2. The average Bonchev–Trinajstić information content (AvgIpc) is 3.08. The predicted octanol–water partition coefficient (Wildman–Crippen LogP) is 0.662. The monoisotopic (exact) mass is 455 g/mol. The number of fused-ring (bicyclic) bond motifs is 1. The lowest BCUT2D eigenvalue weighted by Crippen LogP contribution is -2.61. The van der Waals surface area contributed by atoms with Crippen molar-refractivity contribution in [2.45, 2.75) is 45.2 Å². The molecule has 1 unspecified atom stereocenters. The Kier molecular flexibility index (Phi) is 6.69. The molecule has 0 aliphatic carbocycles. The Morgan fingerprint density at radius 3 is 2.76 bits per heavy atom. The predicted molar refractivity (Wildman–Crippen MR) is 119 cm³/mol. The molecule has 0 aromatic carbocycles. The molecule has 0 radical (unpaired) electrons. The highest BCUT2D eigenvalue weighted by atomic mass is 16.5. The summed E-state index contributed by atoms with van der Waals surface area (Å²) in [6.45, 7) is 7.15. The zero-order chi connectivity index (χ0) is 23.6. The van der Waals surface area contributed by atoms with E-state index in [0.717, 1.165) is 25.6 Å². The van der Waals surface area contributed by atoms with Crippen molar-refractivity contribution >= 4 is 24.0 Å². The van der Waals surface area contributed by atoms with Gasteiger partial charge in [-0.2, -0.15) is 0 Å². The van der Waals surface area contributed by atoms with E-state index in [-0.39, 0.29) is 18.6 Å². The second-order valence-corrected chi connectivity index (χ2v) is 9.69. The normalized spacial score (nSPS) is 29.0. The minimum Gasteiger partial charge on any atom is -0.548 e. The van der Waals surface area contributed by atoms with E-state index in [1.807, 2.05) is 6.07 Å². The number of nitrogens with zero attached hydrogens (tertiary/aromatic N) is 3. The maximum absolute atomic E-state index is 12.7. The van der Waals surface area contributed by atoms with Gasteiger partial charge in [0, 0.05) is 30.3 Å². The first-order chi connectivity index (χ1) is 15.8. The van der Waals surface area contributed by atoms with Crippen molar-refractivity contribution in [2.75, 3.05) is 32.8 Å². The van der Waals surface area contributed by atoms with Crippen LogP contribution in [0.4, 0.5) is 4.79 Å². The summed E-state index contributed by atoms with van der Waals surface area (Å²) in [5, 5.41) is 14.7. The van der Waals surface area contributed by atoms with Gasteiger partial charge in [-0.3, -0.25) is 9.78 Å². The van der Waals surface area contributed by atoms with E-state index in [1.165, 1.54) is 17.7 Å². The topological polar surface area (TPSA) is 115 Å². The third-order valence-corrected chi connectivity index (χ3v) is 7.10. The number of carboxylic acid groups (broad SMARTS) is 1. The fourth-order valence-corrected chi connectivity index (χ4v) is 5.11. The van der Waals surface area contributed by atoms with Crippen LogP contribution in [0, 0.1) is 11.3 Å². The van der Waals surface area contributed by atoms with Crippen LogP contribution in [0.25, 0.3) is 6.08 Å². The molecule has 4 heterocycles. The van der Waals surface area contributed by atoms with Crippen LogP contribution in [0.5, 0.6) is 0 Å². The van der Waals surface area contributed by atoms with Gasteiger partial charge in [0.25, 0.3) is 5.91 Å². The van der Waals surface area contributed by atoms with Gasteiger partial charge in [-0.1, -0.05) is 19.9 Å². The molecule has 3 fully saturated rings. The Balaban J connectivity index is 1.33. The van der Waals surface area contributed by atoms with Crippen LogP contribution in [0.2, 0.25) is 0 Å². The second kappa shape index (κ2) is 9.51. The molecule has 0 spiro atoms. The third kappa shape index (κ3) is 4.88. The summed E-state index contributed by atoms with van der Waals surface area (Å²) in [6.07, 6.45) is 5.45. The van der Waals surface area contributed by atoms with Crippen LogP contribution < -0.4 is 10.4 Å². The van der Waals surface area contributed by atoms with E-state index >= 15 is 0 Å². The number of hydrogen-bond acceptors (Lipinski definition) is 7. The molecule has 9 heteroatoms. The summed E-state index contributed by atoms with van der Waals surface area (Å²) < 4.78 is 5.40. The highest BCUT2D eigenvalue weighted by molar-refractivity contribution is 6.08. The van der Waals surface area contributed by atoms with Crippen LogP contribution in [-0.2, 0) is 14.3 Å². The van der Waals surface area contributed by atoms with Crippen LogP contribution in [0.3, 0.4) is 0 Å². The number of ether oxygens (including phenoxy) is 1. The number of hydrogen-bond donors (Lipinski definition) is 1. The Bertz CT molecular complexity index is 928. The molecule has 3 aliphatic heterocycles. The molecule has 178 valence electrons. The molecule has 1 aromatic rings. The average molecular weight is 456 g/mol. The largest absolute Gasteiger partial charge is 0.548 e. The highest BCUT2D eigenvalue weighted by Crippen LogP contribution is 2.49. The first-order valence-corrected chi connectivity index (χ1v) is 11.6. The van der Waals surface area contributed by atoms with Gasteiger partial charge in [0.2, 0.25) is 0 Å². The third-order valence-electron chi connectivity index (χ3n) is 7.10. The van der Waals surface area contributed by atoms with E-state index in [4.69, 9.17) is 4.74 Å². The maximum Gasteiger partial charge on any atom is 0.407 e. The van der Waals surface area contributed by atoms with Gasteiger partial charge in [-0.05, 0) is 56.5 Å². The van der Waals surface area contributed by atoms with Crippen LogP contribution in [0.15, 0.2) is 30.0 Å². The van der Waals surface area contributed by atoms with Crippen LogP contribution in [-0.4, -0.2) is 77.6 Å². The van der Waals surface area contributed by atoms with Crippen molar-refractivity contribution in [1.82, 2.24) is 20.1 Å². The van der Waals surface area contributed by atoms with Crippen molar-refractivity contribution in [3.8, 4) is 0 Å². The number of amides is 2. The number of carboxylic acids is 1. The number of carbonyl (C=O) groups excluding carboxylic acids is 3. The van der Waals surface area contributed by atoms with Gasteiger partial charge in [0.05, 0.1) is 23.7 Å². The standard InChI is InChI=1S/C24H32N4O5/c1-16-6-10-27(11-7-16)12-9-26-23(32)33-15-24(2)14-19-18(13-17-5-3-4-8-25-17)21(29)28(19)20(24)22(30)31/h3-5,8,13,16,19-20H,6-7,9-12,14-15H2,1-2H3,(H,26,32)(H,30,31)/p-1/b18-13+/t19?,20-,24-/m0/s1. The minimum absolute atomic E-state index is 0.115. The molecule has 0 bridgehead atoms. The Hall–Kier alpha value is -2.94. The maximum atomic E-state index is 12.7. The van der Waals surface area contributed by atoms with Gasteiger partial charge < -0.3 is 29.8 Å². The second-order valence-electron chi connectivity index (χ2n) is 9.69. The molecular formula is C24H31N4O5-. The van der Waals surface area contributed by atoms with Crippen molar-refractivity contribution in [1.29, 1.82) is 0 Å². The molecule has 33 heavy (non-hydrogen) atoms. The summed E-state index contributed by atoms with van der Waals surface area (Å²) in [5.74, 6) is -0.933. The molecular weight excluding hydrogens is 424 g/mol. The van der Waals surface area contributed by atoms with Crippen molar-refractivity contribution in [3.05, 3.63) is 35.7 Å². The molecule has 2 amide bonds. The number of β-lactam (4-membered cyclic amide) rings is 1. The summed E-state index contributed by atoms with van der Waals surface area (Å²) in [7, 11) is 0. The smallest absolute Gasteiger partial charge is 0.407 e. The minimum atomic E-state index is -1.34. The molecule has 3 aliphatic rings. The van der Waals surface area contributed by atoms with Gasteiger partial charge in [0.15, 0.2) is 0 Å². The zero-order valence-corrected chi connectivity index (χ0v) is 19.2. The lowest BCUT2D eigenvalue weighted by molar-refractivity contribution is -0.314. The Labute approximate surface area is 193 Å². The number of nitrogens with one attached hydrogen (secondary N) is 1. The van der Waals surface area contributed by atoms with Crippen LogP contribution >= 0.6 is 0 Å². The van der Waals surface area contributed by atoms with E-state index in [1.54, 1.807) is 31.3 Å². The fourth-order valence-electron chi connectivity index (χ4n) is 5.11. The molecule has 3 atom stereocenters. The highest BCUT2D eigenvalue weighted by Gasteiger charge is 2.60. The molecule has 1 N–H and O–H groups in total. The number of carbonyl (C=O) groups is 3. The number of aliphatic carboxylic acids is 1. The van der Waals surface area contributed by atoms with Crippen molar-refractivity contribution in [2.24, 2.45) is 11.3 Å². The van der Waals surface area contributed by atoms with E-state index in [0.29, 0.717) is 24.2 Å². The van der Waals surface area contributed by atoms with E-state index in [9.17, 15) is 19.5 Å². The summed E-state index contributed by atoms with van der Waals surface area (Å²) in [6, 6.07) is 3.87. The number of likely N-dealkylation sites (tertiary alicyclic amines) is 1. The molecule has 1 aromatic heterocycles. The first-order valence-electron chi connectivity index (χ1n) is 11.6. The number of pyridine rings is 1. The lowest BCUT2D eigenvalue weighted by Gasteiger charge is -2.42. The molecule has 4 rings (SSSR count). The van der Waals surface area contributed by atoms with Gasteiger partial charge in [-0.15, -0.1) is 0 Å². The van der Waals surface area contributed by atoms with Gasteiger partial charge >= 0.3 is 6.09 Å². The summed E-state index contributed by atoms with van der Waals surface area (Å²) in [4.78, 5) is 44.8. The van der Waals surface area contributed by atoms with Gasteiger partial charge in [0.1, 0.15) is 6.61 Å². The van der Waals surface area contributed by atoms with Crippen molar-refractivity contribution in [3.63, 3.8) is 0 Å². The molecule has 0 saturated carbocycles. The summed E-state index contributed by atoms with van der Waals surface area (Å²) in [5.41, 5.74) is 0.209. The number of rotatable bonds is 7. The van der Waals surface area contributed by atoms with Crippen LogP contribution in [0.1, 0.15) is 38.8 Å². The fraction of sp³-hybridized carbons (Fsp3) is 0.583. The lowest BCUT2D eigenvalue weighted by atomic mass is 9.81. The Morgan fingerprint density at radius 2 is 2.09 bits per heavy atom. The van der Waals surface area contributed by atoms with Gasteiger partial charge in [-0.25, -0.2) is 4.79 Å². The van der Waals surface area contributed by atoms with E-state index in [2.05, 4.69) is 22.1 Å². The molecule has 3 saturated heterocycles. The SMILES string of the molecule is CC1CCN(CCNC(=O)OC[C@]2(C)CC3/C(=C\c4ccccn4)C(=O)N3[C@H]2C(=O)[O-])CC1. The quantitative estimate of drug-likeness (QED) is 0.474. The zero-order valence-electron chi connectivity index (χ0n) is 19.2. The van der Waals surface area contributed by atoms with E-state index < -0.39 is 23.5 Å².